The van der Waals surface area contributed by atoms with Gasteiger partial charge in [-0.15, -0.1) is 0 Å². The molecule has 5 atom stereocenters. The van der Waals surface area contributed by atoms with E-state index < -0.39 is 40.0 Å². The number of fused-ring (bicyclic) bond motifs is 2. The Morgan fingerprint density at radius 3 is 2.81 bits per heavy atom. The van der Waals surface area contributed by atoms with Crippen LogP contribution in [0.2, 0.25) is 0 Å². The van der Waals surface area contributed by atoms with Crippen LogP contribution in [0.15, 0.2) is 41.0 Å². The fourth-order valence-corrected chi connectivity index (χ4v) is 5.94. The minimum absolute atomic E-state index is 0.186. The quantitative estimate of drug-likeness (QED) is 0.472. The Morgan fingerprint density at radius 2 is 2.00 bits per heavy atom. The van der Waals surface area contributed by atoms with Crippen LogP contribution < -0.4 is 4.74 Å². The van der Waals surface area contributed by atoms with Gasteiger partial charge in [-0.25, -0.2) is 18.6 Å². The molecule has 5 rings (SSSR count). The Balaban J connectivity index is 1.45. The normalized spacial score (nSPS) is 24.7. The summed E-state index contributed by atoms with van der Waals surface area (Å²) >= 11 is 0. The van der Waals surface area contributed by atoms with Crippen molar-refractivity contribution in [3.8, 4) is 5.75 Å². The van der Waals surface area contributed by atoms with Crippen LogP contribution in [0.4, 0.5) is 10.1 Å². The van der Waals surface area contributed by atoms with E-state index in [2.05, 4.69) is 14.3 Å². The highest BCUT2D eigenvalue weighted by molar-refractivity contribution is 7.93. The lowest BCUT2D eigenvalue weighted by atomic mass is 10.0. The monoisotopic (exact) mass is 531 g/mol. The fraction of sp³-hybridized carbons (Fsp3) is 0.462. The second kappa shape index (κ2) is 10.6. The standard InChI is InChI=1S/C26H30FN3O6S/c1-15-8-18(30-37(3,32)7-6-33-2)11-20-24(15)19(28-14-29-20)9-16-4-5-17(27)10-22(16)36-23-13-35-25-21(31)12-34-26(23)25/h4-5,8,10-11,14,21,23,25-26,31H,6-7,9,12-13H2,1-3H3/t21-,23-,25-,26-,37?/m1/s1. The molecule has 0 aliphatic carbocycles. The summed E-state index contributed by atoms with van der Waals surface area (Å²) in [5.41, 5.74) is 3.64. The Bertz CT molecular complexity index is 1430. The lowest BCUT2D eigenvalue weighted by Crippen LogP contribution is -2.34. The molecular weight excluding hydrogens is 501 g/mol. The molecule has 2 saturated heterocycles. The smallest absolute Gasteiger partial charge is 0.151 e. The maximum Gasteiger partial charge on any atom is 0.151 e. The number of aromatic nitrogens is 2. The zero-order valence-electron chi connectivity index (χ0n) is 20.9. The molecule has 0 amide bonds. The Morgan fingerprint density at radius 1 is 1.19 bits per heavy atom. The zero-order valence-corrected chi connectivity index (χ0v) is 21.7. The Kier molecular flexibility index (Phi) is 7.42. The van der Waals surface area contributed by atoms with E-state index in [1.54, 1.807) is 25.5 Å². The summed E-state index contributed by atoms with van der Waals surface area (Å²) in [7, 11) is -0.887. The van der Waals surface area contributed by atoms with Gasteiger partial charge in [-0.3, -0.25) is 0 Å². The average Bonchev–Trinajstić information content (AvgIpc) is 3.42. The molecule has 1 unspecified atom stereocenters. The van der Waals surface area contributed by atoms with E-state index in [1.807, 2.05) is 13.0 Å². The molecule has 37 heavy (non-hydrogen) atoms. The van der Waals surface area contributed by atoms with Crippen molar-refractivity contribution >= 4 is 26.3 Å². The molecule has 1 aromatic heterocycles. The van der Waals surface area contributed by atoms with Gasteiger partial charge in [0.25, 0.3) is 0 Å². The summed E-state index contributed by atoms with van der Waals surface area (Å²) in [6.45, 7) is 2.72. The lowest BCUT2D eigenvalue weighted by Gasteiger charge is -2.20. The van der Waals surface area contributed by atoms with Crippen molar-refractivity contribution in [2.75, 3.05) is 38.9 Å². The summed E-state index contributed by atoms with van der Waals surface area (Å²) in [5, 5.41) is 10.9. The Hall–Kier alpha value is -2.70. The Labute approximate surface area is 215 Å². The van der Waals surface area contributed by atoms with Gasteiger partial charge in [-0.2, -0.15) is 4.36 Å². The third-order valence-electron chi connectivity index (χ3n) is 6.61. The van der Waals surface area contributed by atoms with E-state index in [-0.39, 0.29) is 13.2 Å². The molecule has 2 aromatic carbocycles. The third-order valence-corrected chi connectivity index (χ3v) is 8.13. The summed E-state index contributed by atoms with van der Waals surface area (Å²) in [6, 6.07) is 8.07. The van der Waals surface area contributed by atoms with E-state index in [0.717, 1.165) is 22.2 Å². The van der Waals surface area contributed by atoms with Crippen molar-refractivity contribution < 1.29 is 32.7 Å². The van der Waals surface area contributed by atoms with E-state index in [9.17, 15) is 13.7 Å². The maximum absolute atomic E-state index is 14.2. The summed E-state index contributed by atoms with van der Waals surface area (Å²) in [5.74, 6) is 0.285. The van der Waals surface area contributed by atoms with E-state index in [4.69, 9.17) is 18.9 Å². The molecule has 0 spiro atoms. The number of rotatable bonds is 8. The van der Waals surface area contributed by atoms with Gasteiger partial charge >= 0.3 is 0 Å². The molecule has 9 nitrogen and oxygen atoms in total. The van der Waals surface area contributed by atoms with Gasteiger partial charge in [0, 0.05) is 36.8 Å². The third kappa shape index (κ3) is 5.60. The number of aliphatic hydroxyl groups is 1. The molecule has 2 fully saturated rings. The van der Waals surface area contributed by atoms with Crippen LogP contribution in [-0.4, -0.2) is 82.6 Å². The van der Waals surface area contributed by atoms with Crippen molar-refractivity contribution in [2.24, 2.45) is 4.36 Å². The molecule has 11 heteroatoms. The van der Waals surface area contributed by atoms with Crippen molar-refractivity contribution in [3.05, 3.63) is 59.3 Å². The number of benzene rings is 2. The van der Waals surface area contributed by atoms with Crippen LogP contribution >= 0.6 is 0 Å². The molecule has 3 aromatic rings. The minimum Gasteiger partial charge on any atom is -0.485 e. The molecule has 1 N–H and O–H groups in total. The SMILES string of the molecule is COCCS(C)(=O)=Nc1cc(C)c2c(Cc3ccc(F)cc3O[C@@H]3CO[C@H]4[C@@H]3OC[C@H]4O)ncnc2c1. The van der Waals surface area contributed by atoms with E-state index in [1.165, 1.54) is 18.5 Å². The highest BCUT2D eigenvalue weighted by Gasteiger charge is 2.48. The van der Waals surface area contributed by atoms with Crippen LogP contribution in [0.1, 0.15) is 16.8 Å². The highest BCUT2D eigenvalue weighted by atomic mass is 32.2. The van der Waals surface area contributed by atoms with Gasteiger partial charge in [-0.05, 0) is 30.7 Å². The van der Waals surface area contributed by atoms with Gasteiger partial charge < -0.3 is 24.1 Å². The molecular formula is C26H30FN3O6S. The first-order chi connectivity index (χ1) is 17.7. The van der Waals surface area contributed by atoms with E-state index >= 15 is 0 Å². The molecule has 2 aliphatic heterocycles. The summed E-state index contributed by atoms with van der Waals surface area (Å²) in [4.78, 5) is 8.94. The molecule has 0 saturated carbocycles. The van der Waals surface area contributed by atoms with Crippen molar-refractivity contribution in [3.63, 3.8) is 0 Å². The largest absolute Gasteiger partial charge is 0.485 e. The topological polar surface area (TPSA) is 112 Å². The average molecular weight is 532 g/mol. The number of halogens is 1. The first kappa shape index (κ1) is 25.9. The highest BCUT2D eigenvalue weighted by Crippen LogP contribution is 2.33. The lowest BCUT2D eigenvalue weighted by molar-refractivity contribution is 0.00843. The van der Waals surface area contributed by atoms with Crippen molar-refractivity contribution in [1.29, 1.82) is 0 Å². The number of hydrogen-bond donors (Lipinski definition) is 1. The molecule has 0 bridgehead atoms. The zero-order chi connectivity index (χ0) is 26.2. The number of aryl methyl sites for hydroxylation is 1. The first-order valence-corrected chi connectivity index (χ1v) is 14.1. The van der Waals surface area contributed by atoms with Crippen LogP contribution in [0.25, 0.3) is 10.9 Å². The maximum atomic E-state index is 14.2. The van der Waals surface area contributed by atoms with Gasteiger partial charge in [-0.1, -0.05) is 6.07 Å². The molecule has 2 aliphatic rings. The second-order valence-electron chi connectivity index (χ2n) is 9.47. The van der Waals surface area contributed by atoms with Gasteiger partial charge in [0.2, 0.25) is 0 Å². The van der Waals surface area contributed by atoms with Gasteiger partial charge in [0.1, 0.15) is 36.2 Å². The summed E-state index contributed by atoms with van der Waals surface area (Å²) < 4.78 is 54.0. The predicted molar refractivity (Wildman–Crippen MR) is 136 cm³/mol. The van der Waals surface area contributed by atoms with Crippen molar-refractivity contribution in [1.82, 2.24) is 9.97 Å². The second-order valence-corrected chi connectivity index (χ2v) is 12.0. The number of nitrogens with zero attached hydrogens (tertiary/aromatic N) is 3. The first-order valence-electron chi connectivity index (χ1n) is 12.0. The number of methoxy groups -OCH3 is 1. The number of aliphatic hydroxyl groups excluding tert-OH is 1. The molecule has 198 valence electrons. The van der Waals surface area contributed by atoms with Gasteiger partial charge in [0.15, 0.2) is 6.10 Å². The van der Waals surface area contributed by atoms with Crippen molar-refractivity contribution in [2.45, 2.75) is 37.8 Å². The fourth-order valence-electron chi connectivity index (χ4n) is 4.82. The predicted octanol–water partition coefficient (Wildman–Crippen LogP) is 2.95. The van der Waals surface area contributed by atoms with Crippen LogP contribution in [0.5, 0.6) is 5.75 Å². The van der Waals surface area contributed by atoms with Crippen LogP contribution in [0, 0.1) is 12.7 Å². The van der Waals surface area contributed by atoms with Gasteiger partial charge in [0.05, 0.1) is 52.2 Å². The number of ether oxygens (including phenoxy) is 4. The van der Waals surface area contributed by atoms with Crippen LogP contribution in [0.3, 0.4) is 0 Å². The molecule has 0 radical (unpaired) electrons. The van der Waals surface area contributed by atoms with Crippen LogP contribution in [-0.2, 0) is 30.4 Å². The molecule has 3 heterocycles. The number of hydrogen-bond acceptors (Lipinski definition) is 9. The van der Waals surface area contributed by atoms with E-state index in [0.29, 0.717) is 35.7 Å². The summed E-state index contributed by atoms with van der Waals surface area (Å²) in [6.07, 6.45) is 1.45. The minimum atomic E-state index is -2.45.